The summed E-state index contributed by atoms with van der Waals surface area (Å²) in [6.45, 7) is 0.557. The molecule has 0 aliphatic heterocycles. The third-order valence-electron chi connectivity index (χ3n) is 2.25. The van der Waals surface area contributed by atoms with Crippen LogP contribution in [0.2, 0.25) is 0 Å². The third-order valence-corrected chi connectivity index (χ3v) is 2.25. The van der Waals surface area contributed by atoms with E-state index in [0.29, 0.717) is 6.54 Å². The lowest BCUT2D eigenvalue weighted by molar-refractivity contribution is 1.07. The lowest BCUT2D eigenvalue weighted by Gasteiger charge is -2.06. The van der Waals surface area contributed by atoms with E-state index in [-0.39, 0.29) is 0 Å². The Hall–Kier alpha value is -1.60. The maximum atomic E-state index is 5.67. The van der Waals surface area contributed by atoms with Crippen LogP contribution in [0.5, 0.6) is 0 Å². The maximum Gasteiger partial charge on any atom is 0.0184 e. The molecule has 1 heteroatoms. The van der Waals surface area contributed by atoms with Crippen LogP contribution < -0.4 is 5.73 Å². The van der Waals surface area contributed by atoms with Gasteiger partial charge in [0, 0.05) is 6.54 Å². The van der Waals surface area contributed by atoms with Gasteiger partial charge in [0.1, 0.15) is 0 Å². The van der Waals surface area contributed by atoms with E-state index in [9.17, 15) is 0 Å². The van der Waals surface area contributed by atoms with Gasteiger partial charge in [0.2, 0.25) is 0 Å². The zero-order valence-corrected chi connectivity index (χ0v) is 7.90. The standard InChI is InChI=1S/C13H12N/c14-10-12-8-4-5-9-13(12)11-6-2-1-3-7-11/h1-3,5-9H,10,14H2. The van der Waals surface area contributed by atoms with Crippen molar-refractivity contribution in [2.24, 2.45) is 5.73 Å². The Balaban J connectivity index is 2.51. The summed E-state index contributed by atoms with van der Waals surface area (Å²) >= 11 is 0. The number of hydrogen-bond donors (Lipinski definition) is 1. The molecule has 0 bridgehead atoms. The van der Waals surface area contributed by atoms with Crippen LogP contribution in [0.1, 0.15) is 5.56 Å². The minimum Gasteiger partial charge on any atom is -0.326 e. The highest BCUT2D eigenvalue weighted by Gasteiger charge is 2.01. The highest BCUT2D eigenvalue weighted by molar-refractivity contribution is 5.66. The van der Waals surface area contributed by atoms with Crippen molar-refractivity contribution in [2.45, 2.75) is 6.54 Å². The van der Waals surface area contributed by atoms with Crippen molar-refractivity contribution in [3.8, 4) is 11.1 Å². The molecule has 0 amide bonds. The van der Waals surface area contributed by atoms with Gasteiger partial charge in [0.05, 0.1) is 0 Å². The molecule has 0 fully saturated rings. The Morgan fingerprint density at radius 1 is 1.07 bits per heavy atom. The average molecular weight is 182 g/mol. The summed E-state index contributed by atoms with van der Waals surface area (Å²) in [5, 5.41) is 0. The van der Waals surface area contributed by atoms with E-state index in [0.717, 1.165) is 5.56 Å². The van der Waals surface area contributed by atoms with Crippen LogP contribution in [-0.4, -0.2) is 0 Å². The van der Waals surface area contributed by atoms with Crippen LogP contribution in [-0.2, 0) is 6.54 Å². The highest BCUT2D eigenvalue weighted by atomic mass is 14.5. The van der Waals surface area contributed by atoms with E-state index >= 15 is 0 Å². The quantitative estimate of drug-likeness (QED) is 0.759. The van der Waals surface area contributed by atoms with Gasteiger partial charge in [0.25, 0.3) is 0 Å². The maximum absolute atomic E-state index is 5.67. The van der Waals surface area contributed by atoms with Gasteiger partial charge in [0.15, 0.2) is 0 Å². The second-order valence-electron chi connectivity index (χ2n) is 3.15. The van der Waals surface area contributed by atoms with Crippen molar-refractivity contribution in [2.75, 3.05) is 0 Å². The summed E-state index contributed by atoms with van der Waals surface area (Å²) in [4.78, 5) is 0. The van der Waals surface area contributed by atoms with E-state index in [1.54, 1.807) is 0 Å². The zero-order chi connectivity index (χ0) is 9.80. The Labute approximate surface area is 84.2 Å². The van der Waals surface area contributed by atoms with Crippen molar-refractivity contribution in [1.82, 2.24) is 0 Å². The zero-order valence-electron chi connectivity index (χ0n) is 7.90. The number of benzene rings is 2. The molecule has 0 aliphatic rings. The monoisotopic (exact) mass is 182 g/mol. The van der Waals surface area contributed by atoms with Crippen molar-refractivity contribution in [3.63, 3.8) is 0 Å². The SMILES string of the molecule is NCc1c[c]ccc1-c1ccccc1. The summed E-state index contributed by atoms with van der Waals surface area (Å²) in [5.41, 5.74) is 9.22. The van der Waals surface area contributed by atoms with Crippen LogP contribution >= 0.6 is 0 Å². The molecule has 69 valence electrons. The van der Waals surface area contributed by atoms with Crippen LogP contribution in [0.15, 0.2) is 48.5 Å². The smallest absolute Gasteiger partial charge is 0.0184 e. The second-order valence-corrected chi connectivity index (χ2v) is 3.15. The van der Waals surface area contributed by atoms with Gasteiger partial charge in [-0.3, -0.25) is 0 Å². The summed E-state index contributed by atoms with van der Waals surface area (Å²) in [6.07, 6.45) is 0. The molecule has 14 heavy (non-hydrogen) atoms. The first-order chi connectivity index (χ1) is 6.92. The molecule has 0 unspecified atom stereocenters. The molecule has 0 aromatic heterocycles. The molecule has 2 aromatic carbocycles. The molecule has 2 aromatic rings. The molecule has 0 saturated carbocycles. The van der Waals surface area contributed by atoms with Crippen molar-refractivity contribution in [1.29, 1.82) is 0 Å². The molecule has 0 atom stereocenters. The minimum absolute atomic E-state index is 0.557. The topological polar surface area (TPSA) is 26.0 Å². The summed E-state index contributed by atoms with van der Waals surface area (Å²) in [5.74, 6) is 0. The minimum atomic E-state index is 0.557. The van der Waals surface area contributed by atoms with Crippen LogP contribution in [0.25, 0.3) is 11.1 Å². The van der Waals surface area contributed by atoms with Gasteiger partial charge < -0.3 is 5.73 Å². The molecule has 0 heterocycles. The third kappa shape index (κ3) is 1.68. The first-order valence-electron chi connectivity index (χ1n) is 4.66. The van der Waals surface area contributed by atoms with E-state index in [4.69, 9.17) is 5.73 Å². The van der Waals surface area contributed by atoms with Crippen LogP contribution in [0.3, 0.4) is 0 Å². The Morgan fingerprint density at radius 2 is 1.86 bits per heavy atom. The summed E-state index contributed by atoms with van der Waals surface area (Å²) < 4.78 is 0. The Morgan fingerprint density at radius 3 is 2.57 bits per heavy atom. The van der Waals surface area contributed by atoms with Gasteiger partial charge in [-0.1, -0.05) is 42.5 Å². The van der Waals surface area contributed by atoms with Gasteiger partial charge >= 0.3 is 0 Å². The number of hydrogen-bond acceptors (Lipinski definition) is 1. The number of nitrogens with two attached hydrogens (primary N) is 1. The normalized spacial score (nSPS) is 10.1. The first-order valence-corrected chi connectivity index (χ1v) is 4.66. The Kier molecular flexibility index (Phi) is 2.61. The lowest BCUT2D eigenvalue weighted by Crippen LogP contribution is -1.98. The molecule has 0 saturated heterocycles. The molecule has 1 radical (unpaired) electrons. The average Bonchev–Trinajstić information content (AvgIpc) is 2.30. The summed E-state index contributed by atoms with van der Waals surface area (Å²) in [6, 6.07) is 19.2. The molecule has 1 nitrogen and oxygen atoms in total. The molecular weight excluding hydrogens is 170 g/mol. The van der Waals surface area contributed by atoms with Crippen molar-refractivity contribution >= 4 is 0 Å². The summed E-state index contributed by atoms with van der Waals surface area (Å²) in [7, 11) is 0. The first kappa shape index (κ1) is 8.97. The van der Waals surface area contributed by atoms with Gasteiger partial charge in [-0.15, -0.1) is 0 Å². The van der Waals surface area contributed by atoms with Crippen molar-refractivity contribution in [3.05, 3.63) is 60.2 Å². The molecule has 0 spiro atoms. The fraction of sp³-hybridized carbons (Fsp3) is 0.0769. The molecular formula is C13H12N. The Bertz CT molecular complexity index is 407. The van der Waals surface area contributed by atoms with Gasteiger partial charge in [-0.05, 0) is 28.8 Å². The molecule has 0 aliphatic carbocycles. The highest BCUT2D eigenvalue weighted by Crippen LogP contribution is 2.22. The lowest BCUT2D eigenvalue weighted by atomic mass is 10.00. The van der Waals surface area contributed by atoms with Gasteiger partial charge in [-0.25, -0.2) is 0 Å². The predicted molar refractivity (Wildman–Crippen MR) is 58.6 cm³/mol. The second kappa shape index (κ2) is 4.07. The predicted octanol–water partition coefficient (Wildman–Crippen LogP) is 2.61. The van der Waals surface area contributed by atoms with E-state index in [1.165, 1.54) is 11.1 Å². The fourth-order valence-corrected chi connectivity index (χ4v) is 1.53. The fourth-order valence-electron chi connectivity index (χ4n) is 1.53. The van der Waals surface area contributed by atoms with E-state index in [2.05, 4.69) is 24.3 Å². The van der Waals surface area contributed by atoms with Gasteiger partial charge in [-0.2, -0.15) is 0 Å². The van der Waals surface area contributed by atoms with E-state index < -0.39 is 0 Å². The number of rotatable bonds is 2. The molecule has 2 rings (SSSR count). The van der Waals surface area contributed by atoms with Crippen molar-refractivity contribution < 1.29 is 0 Å². The molecule has 2 N–H and O–H groups in total. The van der Waals surface area contributed by atoms with Crippen LogP contribution in [0, 0.1) is 6.07 Å². The van der Waals surface area contributed by atoms with E-state index in [1.807, 2.05) is 30.3 Å². The van der Waals surface area contributed by atoms with Crippen LogP contribution in [0.4, 0.5) is 0 Å². The largest absolute Gasteiger partial charge is 0.326 e.